The predicted molar refractivity (Wildman–Crippen MR) is 209 cm³/mol. The van der Waals surface area contributed by atoms with Gasteiger partial charge in [0, 0.05) is 24.2 Å². The highest BCUT2D eigenvalue weighted by Crippen LogP contribution is 2.22. The number of nitrogens with two attached hydrogens (primary N) is 4. The summed E-state index contributed by atoms with van der Waals surface area (Å²) in [6.07, 6.45) is 7.75. The molecule has 0 saturated heterocycles. The fraction of sp³-hybridized carbons (Fsp3) is 0.444. The van der Waals surface area contributed by atoms with Crippen molar-refractivity contribution in [2.45, 2.75) is 79.1 Å². The van der Waals surface area contributed by atoms with Gasteiger partial charge in [0.25, 0.3) is 0 Å². The number of hydrogen-bond donors (Lipinski definition) is 8. The van der Waals surface area contributed by atoms with Gasteiger partial charge in [0.1, 0.15) is 23.3 Å². The zero-order chi connectivity index (χ0) is 37.8. The van der Waals surface area contributed by atoms with E-state index in [1.807, 2.05) is 12.1 Å². The molecule has 51 heavy (non-hydrogen) atoms. The SMILES string of the molecule is CC(C)CCc1c(N)nc(NCCCc2ccccc2)nc1N.CC(C)CCc1c(N)nc(NCCCc2ccccc2)nc1N.O=S(=O)(O)O. The van der Waals surface area contributed by atoms with Crippen molar-refractivity contribution >= 4 is 45.6 Å². The molecule has 0 fully saturated rings. The normalized spacial score (nSPS) is 11.0. The molecule has 2 heterocycles. The third kappa shape index (κ3) is 18.7. The molecule has 0 unspecified atom stereocenters. The minimum Gasteiger partial charge on any atom is -0.383 e. The molecule has 0 aliphatic heterocycles. The quantitative estimate of drug-likeness (QED) is 0.0495. The molecule has 0 bridgehead atoms. The van der Waals surface area contributed by atoms with Crippen molar-refractivity contribution in [3.8, 4) is 0 Å². The van der Waals surface area contributed by atoms with E-state index in [9.17, 15) is 0 Å². The molecule has 14 nitrogen and oxygen atoms in total. The largest absolute Gasteiger partial charge is 0.394 e. The van der Waals surface area contributed by atoms with Gasteiger partial charge in [-0.25, -0.2) is 0 Å². The second kappa shape index (κ2) is 22.2. The van der Waals surface area contributed by atoms with Crippen molar-refractivity contribution in [2.24, 2.45) is 11.8 Å². The maximum Gasteiger partial charge on any atom is 0.394 e. The summed E-state index contributed by atoms with van der Waals surface area (Å²) < 4.78 is 31.6. The number of aromatic nitrogens is 4. The molecule has 280 valence electrons. The van der Waals surface area contributed by atoms with Crippen LogP contribution in [-0.4, -0.2) is 50.5 Å². The Morgan fingerprint density at radius 1 is 0.569 bits per heavy atom. The third-order valence-corrected chi connectivity index (χ3v) is 7.62. The van der Waals surface area contributed by atoms with E-state index in [1.54, 1.807) is 0 Å². The van der Waals surface area contributed by atoms with Crippen LogP contribution in [0.15, 0.2) is 60.7 Å². The summed E-state index contributed by atoms with van der Waals surface area (Å²) in [5, 5.41) is 6.41. The number of benzene rings is 2. The maximum absolute atomic E-state index is 8.74. The van der Waals surface area contributed by atoms with Crippen LogP contribution < -0.4 is 33.6 Å². The van der Waals surface area contributed by atoms with E-state index in [0.29, 0.717) is 47.0 Å². The van der Waals surface area contributed by atoms with E-state index in [0.717, 1.165) is 75.6 Å². The van der Waals surface area contributed by atoms with E-state index in [-0.39, 0.29) is 0 Å². The topological polar surface area (TPSA) is 254 Å². The molecule has 4 aromatic rings. The van der Waals surface area contributed by atoms with Crippen molar-refractivity contribution in [3.05, 3.63) is 82.9 Å². The molecule has 0 atom stereocenters. The van der Waals surface area contributed by atoms with Crippen molar-refractivity contribution in [2.75, 3.05) is 46.7 Å². The fourth-order valence-corrected chi connectivity index (χ4v) is 4.85. The average Bonchev–Trinajstić information content (AvgIpc) is 3.05. The zero-order valence-corrected chi connectivity index (χ0v) is 31.0. The van der Waals surface area contributed by atoms with Crippen LogP contribution in [0.2, 0.25) is 0 Å². The first-order valence-corrected chi connectivity index (χ1v) is 18.6. The van der Waals surface area contributed by atoms with Crippen LogP contribution in [0.3, 0.4) is 0 Å². The molecule has 15 heteroatoms. The lowest BCUT2D eigenvalue weighted by Gasteiger charge is -2.12. The second-order valence-electron chi connectivity index (χ2n) is 12.9. The fourth-order valence-electron chi connectivity index (χ4n) is 4.85. The van der Waals surface area contributed by atoms with E-state index < -0.39 is 10.4 Å². The van der Waals surface area contributed by atoms with Crippen molar-refractivity contribution in [1.29, 1.82) is 0 Å². The standard InChI is InChI=1S/2C18H27N5.H2O4S/c2*1-13(2)10-11-15-16(19)22-18(23-17(15)20)21-12-6-9-14-7-4-3-5-8-14;1-5(2,3)4/h2*3-5,7-8,13H,6,9-12H2,1-2H3,(H5,19,20,21,22,23);(H2,1,2,3,4). The predicted octanol–water partition coefficient (Wildman–Crippen LogP) is 5.90. The van der Waals surface area contributed by atoms with E-state index in [2.05, 4.69) is 107 Å². The molecule has 0 aliphatic carbocycles. The first kappa shape index (κ1) is 42.4. The molecule has 2 aromatic carbocycles. The highest BCUT2D eigenvalue weighted by Gasteiger charge is 2.12. The molecule has 0 amide bonds. The van der Waals surface area contributed by atoms with Gasteiger partial charge in [-0.1, -0.05) is 88.4 Å². The summed E-state index contributed by atoms with van der Waals surface area (Å²) in [5.74, 6) is 4.19. The van der Waals surface area contributed by atoms with Gasteiger partial charge in [0.05, 0.1) is 0 Å². The van der Waals surface area contributed by atoms with Gasteiger partial charge >= 0.3 is 10.4 Å². The van der Waals surface area contributed by atoms with Crippen molar-refractivity contribution in [1.82, 2.24) is 19.9 Å². The van der Waals surface area contributed by atoms with Crippen LogP contribution in [0.5, 0.6) is 0 Å². The van der Waals surface area contributed by atoms with Gasteiger partial charge < -0.3 is 33.6 Å². The number of hydrogen-bond acceptors (Lipinski definition) is 12. The molecule has 0 spiro atoms. The second-order valence-corrected chi connectivity index (χ2v) is 13.8. The Hall–Kier alpha value is -4.73. The molecule has 0 saturated carbocycles. The summed E-state index contributed by atoms with van der Waals surface area (Å²) in [5.41, 5.74) is 28.5. The van der Waals surface area contributed by atoms with Crippen LogP contribution in [0.4, 0.5) is 35.2 Å². The summed E-state index contributed by atoms with van der Waals surface area (Å²) >= 11 is 0. The Bertz CT molecular complexity index is 1530. The van der Waals surface area contributed by atoms with Gasteiger partial charge in [0.15, 0.2) is 0 Å². The molecule has 4 rings (SSSR count). The van der Waals surface area contributed by atoms with Gasteiger partial charge in [0.2, 0.25) is 11.9 Å². The number of nitrogens with one attached hydrogen (secondary N) is 2. The van der Waals surface area contributed by atoms with Gasteiger partial charge in [-0.05, 0) is 74.3 Å². The number of rotatable bonds is 16. The molecular formula is C36H56N10O4S. The molecule has 2 aromatic heterocycles. The van der Waals surface area contributed by atoms with E-state index in [4.69, 9.17) is 40.5 Å². The summed E-state index contributed by atoms with van der Waals surface area (Å²) in [6, 6.07) is 20.8. The van der Waals surface area contributed by atoms with Crippen molar-refractivity contribution in [3.63, 3.8) is 0 Å². The van der Waals surface area contributed by atoms with Crippen LogP contribution in [0.1, 0.15) is 75.6 Å². The maximum atomic E-state index is 8.74. The van der Waals surface area contributed by atoms with Crippen LogP contribution in [0, 0.1) is 11.8 Å². The Balaban J connectivity index is 0.000000312. The Morgan fingerprint density at radius 2 is 0.863 bits per heavy atom. The van der Waals surface area contributed by atoms with E-state index in [1.165, 1.54) is 11.1 Å². The lowest BCUT2D eigenvalue weighted by molar-refractivity contribution is 0.381. The zero-order valence-electron chi connectivity index (χ0n) is 30.2. The molecule has 0 aliphatic rings. The number of anilines is 6. The average molecular weight is 725 g/mol. The lowest BCUT2D eigenvalue weighted by atomic mass is 10.0. The van der Waals surface area contributed by atoms with Gasteiger partial charge in [-0.2, -0.15) is 28.4 Å². The number of nitrogens with zero attached hydrogens (tertiary/aromatic N) is 4. The Labute approximate surface area is 302 Å². The van der Waals surface area contributed by atoms with Gasteiger partial charge in [-0.3, -0.25) is 9.11 Å². The summed E-state index contributed by atoms with van der Waals surface area (Å²) in [7, 11) is -4.67. The van der Waals surface area contributed by atoms with Crippen LogP contribution in [0.25, 0.3) is 0 Å². The van der Waals surface area contributed by atoms with Crippen molar-refractivity contribution < 1.29 is 17.5 Å². The van der Waals surface area contributed by atoms with E-state index >= 15 is 0 Å². The monoisotopic (exact) mass is 724 g/mol. The molecular weight excluding hydrogens is 669 g/mol. The summed E-state index contributed by atoms with van der Waals surface area (Å²) in [6.45, 7) is 10.3. The lowest BCUT2D eigenvalue weighted by Crippen LogP contribution is -2.12. The highest BCUT2D eigenvalue weighted by atomic mass is 32.3. The number of nitrogen functional groups attached to an aromatic ring is 4. The minimum atomic E-state index is -4.67. The van der Waals surface area contributed by atoms with Crippen LogP contribution in [-0.2, 0) is 36.1 Å². The minimum absolute atomic E-state index is 0.490. The Kier molecular flexibility index (Phi) is 18.4. The smallest absolute Gasteiger partial charge is 0.383 e. The summed E-state index contributed by atoms with van der Waals surface area (Å²) in [4.78, 5) is 17.3. The first-order valence-electron chi connectivity index (χ1n) is 17.2. The first-order chi connectivity index (χ1) is 24.1. The Morgan fingerprint density at radius 3 is 1.14 bits per heavy atom. The van der Waals surface area contributed by atoms with Crippen LogP contribution >= 0.6 is 0 Å². The highest BCUT2D eigenvalue weighted by molar-refractivity contribution is 7.79. The third-order valence-electron chi connectivity index (χ3n) is 7.62. The number of aryl methyl sites for hydroxylation is 2. The molecule has 0 radical (unpaired) electrons. The van der Waals surface area contributed by atoms with Gasteiger partial charge in [-0.15, -0.1) is 0 Å². The molecule has 12 N–H and O–H groups in total.